The number of Topliss-reactive ketones (excluding diaryl/α,β-unsaturated/α-hetero) is 1. The molecule has 18 heavy (non-hydrogen) atoms. The third-order valence-corrected chi connectivity index (χ3v) is 4.79. The van der Waals surface area contributed by atoms with Gasteiger partial charge in [0.1, 0.15) is 5.78 Å². The molecule has 0 bridgehead atoms. The summed E-state index contributed by atoms with van der Waals surface area (Å²) in [6, 6.07) is 0. The molecule has 0 saturated heterocycles. The fraction of sp³-hybridized carbons (Fsp3) is 0.714. The van der Waals surface area contributed by atoms with Gasteiger partial charge in [-0.1, -0.05) is 19.3 Å². The van der Waals surface area contributed by atoms with E-state index in [2.05, 4.69) is 4.98 Å². The lowest BCUT2D eigenvalue weighted by atomic mass is 9.70. The molecule has 0 aromatic carbocycles. The minimum atomic E-state index is 0.0837. The van der Waals surface area contributed by atoms with E-state index in [1.165, 1.54) is 19.3 Å². The van der Waals surface area contributed by atoms with Crippen molar-refractivity contribution in [1.29, 1.82) is 0 Å². The van der Waals surface area contributed by atoms with E-state index >= 15 is 0 Å². The van der Waals surface area contributed by atoms with Crippen LogP contribution >= 0.6 is 11.3 Å². The number of nitrogens with two attached hydrogens (primary N) is 1. The predicted octanol–water partition coefficient (Wildman–Crippen LogP) is 2.86. The molecule has 2 N–H and O–H groups in total. The van der Waals surface area contributed by atoms with Gasteiger partial charge in [0.25, 0.3) is 0 Å². The van der Waals surface area contributed by atoms with Crippen LogP contribution in [-0.4, -0.2) is 17.3 Å². The molecule has 3 nitrogen and oxygen atoms in total. The van der Waals surface area contributed by atoms with Crippen LogP contribution in [0, 0.1) is 12.3 Å². The summed E-state index contributed by atoms with van der Waals surface area (Å²) in [5.74, 6) is 0.299. The van der Waals surface area contributed by atoms with Gasteiger partial charge in [-0.25, -0.2) is 4.98 Å². The molecule has 1 aliphatic rings. The SMILES string of the molecule is Cc1nc(CC(=O)CC2(CN)CCCCC2)cs1. The summed E-state index contributed by atoms with van der Waals surface area (Å²) >= 11 is 1.61. The average molecular weight is 266 g/mol. The van der Waals surface area contributed by atoms with Crippen LogP contribution in [0.1, 0.15) is 49.2 Å². The van der Waals surface area contributed by atoms with Gasteiger partial charge in [0.15, 0.2) is 0 Å². The van der Waals surface area contributed by atoms with E-state index in [1.807, 2.05) is 12.3 Å². The summed E-state index contributed by atoms with van der Waals surface area (Å²) in [5.41, 5.74) is 6.92. The Balaban J connectivity index is 1.93. The first-order chi connectivity index (χ1) is 8.63. The molecule has 0 spiro atoms. The second kappa shape index (κ2) is 5.93. The van der Waals surface area contributed by atoms with E-state index in [9.17, 15) is 4.79 Å². The number of hydrogen-bond donors (Lipinski definition) is 1. The summed E-state index contributed by atoms with van der Waals surface area (Å²) in [5, 5.41) is 3.02. The van der Waals surface area contributed by atoms with Gasteiger partial charge >= 0.3 is 0 Å². The second-order valence-corrected chi connectivity index (χ2v) is 6.58. The number of nitrogens with zero attached hydrogens (tertiary/aromatic N) is 1. The monoisotopic (exact) mass is 266 g/mol. The number of aryl methyl sites for hydroxylation is 1. The van der Waals surface area contributed by atoms with Gasteiger partial charge in [-0.15, -0.1) is 11.3 Å². The third-order valence-electron chi connectivity index (χ3n) is 3.96. The number of ketones is 1. The lowest BCUT2D eigenvalue weighted by Gasteiger charge is -2.35. The molecule has 1 fully saturated rings. The molecule has 1 aliphatic carbocycles. The average Bonchev–Trinajstić information content (AvgIpc) is 2.75. The Bertz CT molecular complexity index is 408. The number of aromatic nitrogens is 1. The van der Waals surface area contributed by atoms with Gasteiger partial charge in [0, 0.05) is 18.2 Å². The van der Waals surface area contributed by atoms with Crippen molar-refractivity contribution in [2.45, 2.75) is 51.9 Å². The normalized spacial score (nSPS) is 18.8. The number of carbonyl (C=O) groups is 1. The molecule has 2 rings (SSSR count). The number of thiazole rings is 1. The topological polar surface area (TPSA) is 56.0 Å². The maximum atomic E-state index is 12.2. The van der Waals surface area contributed by atoms with Gasteiger partial charge in [0.05, 0.1) is 10.7 Å². The van der Waals surface area contributed by atoms with E-state index in [-0.39, 0.29) is 5.41 Å². The van der Waals surface area contributed by atoms with Gasteiger partial charge in [-0.3, -0.25) is 4.79 Å². The van der Waals surface area contributed by atoms with Crippen molar-refractivity contribution in [1.82, 2.24) is 4.98 Å². The van der Waals surface area contributed by atoms with E-state index in [4.69, 9.17) is 5.73 Å². The molecule has 0 atom stereocenters. The van der Waals surface area contributed by atoms with Crippen LogP contribution < -0.4 is 5.73 Å². The number of rotatable bonds is 5. The predicted molar refractivity (Wildman–Crippen MR) is 74.8 cm³/mol. The van der Waals surface area contributed by atoms with Crippen LogP contribution in [0.5, 0.6) is 0 Å². The number of hydrogen-bond acceptors (Lipinski definition) is 4. The highest BCUT2D eigenvalue weighted by molar-refractivity contribution is 7.09. The van der Waals surface area contributed by atoms with Gasteiger partial charge in [-0.05, 0) is 31.7 Å². The van der Waals surface area contributed by atoms with Crippen LogP contribution in [0.15, 0.2) is 5.38 Å². The van der Waals surface area contributed by atoms with E-state index < -0.39 is 0 Å². The standard InChI is InChI=1S/C14H22N2OS/c1-11-16-12(9-18-11)7-13(17)8-14(10-15)5-3-2-4-6-14/h9H,2-8,10,15H2,1H3. The Morgan fingerprint density at radius 3 is 2.72 bits per heavy atom. The van der Waals surface area contributed by atoms with Crippen molar-refractivity contribution in [3.8, 4) is 0 Å². The van der Waals surface area contributed by atoms with Crippen molar-refractivity contribution < 1.29 is 4.79 Å². The van der Waals surface area contributed by atoms with Crippen LogP contribution in [0.4, 0.5) is 0 Å². The lowest BCUT2D eigenvalue weighted by Crippen LogP contribution is -2.35. The molecule has 1 aromatic heterocycles. The van der Waals surface area contributed by atoms with Gasteiger partial charge < -0.3 is 5.73 Å². The Hall–Kier alpha value is -0.740. The maximum Gasteiger partial charge on any atom is 0.139 e. The smallest absolute Gasteiger partial charge is 0.139 e. The first-order valence-corrected chi connectivity index (χ1v) is 7.64. The van der Waals surface area contributed by atoms with E-state index in [0.29, 0.717) is 25.2 Å². The highest BCUT2D eigenvalue weighted by Crippen LogP contribution is 2.38. The first-order valence-electron chi connectivity index (χ1n) is 6.76. The summed E-state index contributed by atoms with van der Waals surface area (Å²) in [4.78, 5) is 16.5. The molecular formula is C14H22N2OS. The first kappa shape index (κ1) is 13.7. The zero-order chi connectivity index (χ0) is 13.0. The Kier molecular flexibility index (Phi) is 4.51. The van der Waals surface area contributed by atoms with E-state index in [0.717, 1.165) is 23.5 Å². The minimum absolute atomic E-state index is 0.0837. The quantitative estimate of drug-likeness (QED) is 0.891. The highest BCUT2D eigenvalue weighted by Gasteiger charge is 2.32. The van der Waals surface area contributed by atoms with Crippen molar-refractivity contribution in [3.05, 3.63) is 16.1 Å². The minimum Gasteiger partial charge on any atom is -0.330 e. The molecule has 1 aromatic rings. The molecule has 100 valence electrons. The van der Waals surface area contributed by atoms with Crippen LogP contribution in [0.25, 0.3) is 0 Å². The molecular weight excluding hydrogens is 244 g/mol. The van der Waals surface area contributed by atoms with Gasteiger partial charge in [-0.2, -0.15) is 0 Å². The van der Waals surface area contributed by atoms with Crippen molar-refractivity contribution in [2.75, 3.05) is 6.54 Å². The van der Waals surface area contributed by atoms with Crippen molar-refractivity contribution >= 4 is 17.1 Å². The van der Waals surface area contributed by atoms with Crippen LogP contribution in [0.2, 0.25) is 0 Å². The van der Waals surface area contributed by atoms with Crippen molar-refractivity contribution in [2.24, 2.45) is 11.1 Å². The molecule has 0 radical (unpaired) electrons. The molecule has 4 heteroatoms. The zero-order valence-electron chi connectivity index (χ0n) is 11.1. The molecule has 0 amide bonds. The lowest BCUT2D eigenvalue weighted by molar-refractivity contribution is -0.121. The van der Waals surface area contributed by atoms with Crippen molar-refractivity contribution in [3.63, 3.8) is 0 Å². The summed E-state index contributed by atoms with van der Waals surface area (Å²) in [7, 11) is 0. The summed E-state index contributed by atoms with van der Waals surface area (Å²) in [6.07, 6.45) is 7.09. The Morgan fingerprint density at radius 2 is 2.17 bits per heavy atom. The molecule has 0 unspecified atom stereocenters. The molecule has 0 aliphatic heterocycles. The van der Waals surface area contributed by atoms with E-state index in [1.54, 1.807) is 11.3 Å². The van der Waals surface area contributed by atoms with Crippen LogP contribution in [0.3, 0.4) is 0 Å². The highest BCUT2D eigenvalue weighted by atomic mass is 32.1. The van der Waals surface area contributed by atoms with Crippen LogP contribution in [-0.2, 0) is 11.2 Å². The second-order valence-electron chi connectivity index (χ2n) is 5.51. The largest absolute Gasteiger partial charge is 0.330 e. The maximum absolute atomic E-state index is 12.2. The molecule has 1 heterocycles. The Labute approximate surface area is 113 Å². The number of carbonyl (C=O) groups excluding carboxylic acids is 1. The molecule has 1 saturated carbocycles. The fourth-order valence-corrected chi connectivity index (χ4v) is 3.54. The fourth-order valence-electron chi connectivity index (χ4n) is 2.93. The third kappa shape index (κ3) is 3.39. The zero-order valence-corrected chi connectivity index (χ0v) is 11.9. The summed E-state index contributed by atoms with van der Waals surface area (Å²) in [6.45, 7) is 2.62. The summed E-state index contributed by atoms with van der Waals surface area (Å²) < 4.78 is 0. The van der Waals surface area contributed by atoms with Gasteiger partial charge in [0.2, 0.25) is 0 Å². The Morgan fingerprint density at radius 1 is 1.44 bits per heavy atom.